The van der Waals surface area contributed by atoms with Crippen LogP contribution in [-0.4, -0.2) is 52.9 Å². The van der Waals surface area contributed by atoms with Gasteiger partial charge in [-0.25, -0.2) is 13.8 Å². The number of carbonyl (C=O) groups is 2. The quantitative estimate of drug-likeness (QED) is 0.637. The Morgan fingerprint density at radius 1 is 1.09 bits per heavy atom. The lowest BCUT2D eigenvalue weighted by Gasteiger charge is -2.36. The summed E-state index contributed by atoms with van der Waals surface area (Å²) in [6, 6.07) is 8.61. The summed E-state index contributed by atoms with van der Waals surface area (Å²) in [4.78, 5) is 35.4. The molecule has 2 heterocycles. The minimum Gasteiger partial charge on any atom is -0.367 e. The molecule has 1 saturated heterocycles. The molecule has 1 atom stereocenters. The number of anilines is 1. The van der Waals surface area contributed by atoms with Crippen molar-refractivity contribution in [1.29, 1.82) is 0 Å². The maximum atomic E-state index is 13.5. The minimum atomic E-state index is -0.980. The van der Waals surface area contributed by atoms with Crippen LogP contribution in [0.15, 0.2) is 42.6 Å². The highest BCUT2D eigenvalue weighted by atomic mass is 19.2. The molecule has 7 nitrogen and oxygen atoms in total. The Morgan fingerprint density at radius 3 is 2.62 bits per heavy atom. The number of likely N-dealkylation sites (tertiary alicyclic amines) is 1. The molecule has 3 aromatic rings. The number of nitrogens with one attached hydrogen (secondary N) is 2. The molecule has 0 saturated carbocycles. The zero-order valence-corrected chi connectivity index (χ0v) is 17.6. The second kappa shape index (κ2) is 9.25. The van der Waals surface area contributed by atoms with Gasteiger partial charge in [0.2, 0.25) is 0 Å². The lowest BCUT2D eigenvalue weighted by atomic mass is 10.00. The number of halogens is 2. The Hall–Kier alpha value is -3.62. The number of amides is 2. The van der Waals surface area contributed by atoms with Crippen LogP contribution in [0.1, 0.15) is 40.0 Å². The van der Waals surface area contributed by atoms with Gasteiger partial charge >= 0.3 is 0 Å². The van der Waals surface area contributed by atoms with Gasteiger partial charge in [-0.3, -0.25) is 14.6 Å². The zero-order valence-electron chi connectivity index (χ0n) is 17.6. The molecule has 1 aliphatic heterocycles. The number of rotatable bonds is 5. The van der Waals surface area contributed by atoms with Crippen molar-refractivity contribution in [3.63, 3.8) is 0 Å². The fraction of sp³-hybridized carbons (Fsp3) is 0.304. The minimum absolute atomic E-state index is 0.0811. The molecule has 2 N–H and O–H groups in total. The van der Waals surface area contributed by atoms with Gasteiger partial charge in [-0.15, -0.1) is 0 Å². The van der Waals surface area contributed by atoms with E-state index in [1.807, 2.05) is 4.90 Å². The number of benzene rings is 2. The average molecular weight is 439 g/mol. The van der Waals surface area contributed by atoms with Gasteiger partial charge in [0.1, 0.15) is 5.82 Å². The number of nitrogens with zero attached hydrogens (tertiary/aromatic N) is 3. The molecule has 9 heteroatoms. The Balaban J connectivity index is 1.49. The van der Waals surface area contributed by atoms with E-state index in [-0.39, 0.29) is 28.9 Å². The average Bonchev–Trinajstić information content (AvgIpc) is 2.82. The summed E-state index contributed by atoms with van der Waals surface area (Å²) in [5.41, 5.74) is 1.40. The normalized spacial score (nSPS) is 16.1. The van der Waals surface area contributed by atoms with Crippen molar-refractivity contribution in [2.24, 2.45) is 0 Å². The Labute approximate surface area is 183 Å². The standard InChI is InChI=1S/C23H23F2N5O2/c1-26-22(31)14-5-4-6-15(9-14)23(32)30-8-3-2-7-16(30)12-28-21-13-27-19-10-17(24)18(25)11-20(19)29-21/h4-6,9-11,13,16H,2-3,7-8,12H2,1H3,(H,26,31)(H,28,29). The maximum Gasteiger partial charge on any atom is 0.254 e. The predicted octanol–water partition coefficient (Wildman–Crippen LogP) is 3.37. The predicted molar refractivity (Wildman–Crippen MR) is 116 cm³/mol. The van der Waals surface area contributed by atoms with E-state index >= 15 is 0 Å². The second-order valence-corrected chi connectivity index (χ2v) is 7.70. The van der Waals surface area contributed by atoms with Crippen molar-refractivity contribution in [2.75, 3.05) is 25.5 Å². The van der Waals surface area contributed by atoms with Crippen molar-refractivity contribution >= 4 is 28.7 Å². The van der Waals surface area contributed by atoms with Crippen LogP contribution in [0.25, 0.3) is 11.0 Å². The van der Waals surface area contributed by atoms with Gasteiger partial charge in [-0.05, 0) is 37.5 Å². The monoisotopic (exact) mass is 439 g/mol. The van der Waals surface area contributed by atoms with Gasteiger partial charge in [-0.2, -0.15) is 0 Å². The summed E-state index contributed by atoms with van der Waals surface area (Å²) >= 11 is 0. The second-order valence-electron chi connectivity index (χ2n) is 7.70. The van der Waals surface area contributed by atoms with Crippen LogP contribution in [0.2, 0.25) is 0 Å². The third-order valence-electron chi connectivity index (χ3n) is 5.59. The molecule has 1 unspecified atom stereocenters. The van der Waals surface area contributed by atoms with Crippen LogP contribution in [0.3, 0.4) is 0 Å². The van der Waals surface area contributed by atoms with Gasteiger partial charge < -0.3 is 15.5 Å². The topological polar surface area (TPSA) is 87.2 Å². The van der Waals surface area contributed by atoms with Crippen LogP contribution in [0.5, 0.6) is 0 Å². The number of fused-ring (bicyclic) bond motifs is 1. The number of aromatic nitrogens is 2. The van der Waals surface area contributed by atoms with Crippen LogP contribution in [0.4, 0.5) is 14.6 Å². The summed E-state index contributed by atoms with van der Waals surface area (Å²) in [6.07, 6.45) is 4.16. The van der Waals surface area contributed by atoms with Crippen LogP contribution < -0.4 is 10.6 Å². The smallest absolute Gasteiger partial charge is 0.254 e. The first-order valence-electron chi connectivity index (χ1n) is 10.4. The molecule has 2 aromatic carbocycles. The lowest BCUT2D eigenvalue weighted by Crippen LogP contribution is -2.47. The number of hydrogen-bond acceptors (Lipinski definition) is 5. The van der Waals surface area contributed by atoms with Crippen LogP contribution in [0, 0.1) is 11.6 Å². The van der Waals surface area contributed by atoms with Gasteiger partial charge in [0.05, 0.1) is 17.2 Å². The Kier molecular flexibility index (Phi) is 6.25. The highest BCUT2D eigenvalue weighted by Gasteiger charge is 2.28. The van der Waals surface area contributed by atoms with Gasteiger partial charge in [0.25, 0.3) is 11.8 Å². The fourth-order valence-electron chi connectivity index (χ4n) is 3.90. The summed E-state index contributed by atoms with van der Waals surface area (Å²) in [7, 11) is 1.55. The number of carbonyl (C=O) groups excluding carboxylic acids is 2. The first kappa shape index (κ1) is 21.6. The SMILES string of the molecule is CNC(=O)c1cccc(C(=O)N2CCCCC2CNc2cnc3cc(F)c(F)cc3n2)c1. The third kappa shape index (κ3) is 4.51. The largest absolute Gasteiger partial charge is 0.367 e. The third-order valence-corrected chi connectivity index (χ3v) is 5.59. The first-order chi connectivity index (χ1) is 15.5. The van der Waals surface area contributed by atoms with E-state index in [1.54, 1.807) is 31.3 Å². The van der Waals surface area contributed by atoms with Crippen molar-refractivity contribution < 1.29 is 18.4 Å². The lowest BCUT2D eigenvalue weighted by molar-refractivity contribution is 0.0628. The number of hydrogen-bond donors (Lipinski definition) is 2. The van der Waals surface area contributed by atoms with Crippen molar-refractivity contribution in [1.82, 2.24) is 20.2 Å². The van der Waals surface area contributed by atoms with E-state index in [0.717, 1.165) is 31.4 Å². The van der Waals surface area contributed by atoms with E-state index in [2.05, 4.69) is 20.6 Å². The van der Waals surface area contributed by atoms with E-state index in [1.165, 1.54) is 6.20 Å². The highest BCUT2D eigenvalue weighted by molar-refractivity contribution is 5.99. The fourth-order valence-corrected chi connectivity index (χ4v) is 3.90. The van der Waals surface area contributed by atoms with Gasteiger partial charge in [-0.1, -0.05) is 6.07 Å². The van der Waals surface area contributed by atoms with Crippen molar-refractivity contribution in [3.8, 4) is 0 Å². The zero-order chi connectivity index (χ0) is 22.7. The number of piperidine rings is 1. The molecule has 0 aliphatic carbocycles. The summed E-state index contributed by atoms with van der Waals surface area (Å²) in [6.45, 7) is 1.05. The molecule has 2 amide bonds. The van der Waals surface area contributed by atoms with E-state index < -0.39 is 11.6 Å². The molecule has 0 radical (unpaired) electrons. The molecule has 32 heavy (non-hydrogen) atoms. The van der Waals surface area contributed by atoms with Crippen LogP contribution in [-0.2, 0) is 0 Å². The van der Waals surface area contributed by atoms with Crippen molar-refractivity contribution in [3.05, 3.63) is 65.4 Å². The maximum absolute atomic E-state index is 13.5. The molecule has 1 fully saturated rings. The summed E-state index contributed by atoms with van der Waals surface area (Å²) in [5.74, 6) is -1.91. The van der Waals surface area contributed by atoms with Gasteiger partial charge in [0.15, 0.2) is 11.6 Å². The Morgan fingerprint density at radius 2 is 1.84 bits per heavy atom. The Bertz CT molecular complexity index is 1170. The molecule has 0 spiro atoms. The molecule has 4 rings (SSSR count). The molecule has 1 aliphatic rings. The molecular formula is C23H23F2N5O2. The highest BCUT2D eigenvalue weighted by Crippen LogP contribution is 2.22. The van der Waals surface area contributed by atoms with E-state index in [0.29, 0.717) is 30.0 Å². The molecular weight excluding hydrogens is 416 g/mol. The first-order valence-corrected chi connectivity index (χ1v) is 10.4. The van der Waals surface area contributed by atoms with Crippen LogP contribution >= 0.6 is 0 Å². The molecule has 0 bridgehead atoms. The molecule has 166 valence electrons. The van der Waals surface area contributed by atoms with E-state index in [4.69, 9.17) is 0 Å². The summed E-state index contributed by atoms with van der Waals surface area (Å²) < 4.78 is 26.9. The van der Waals surface area contributed by atoms with E-state index in [9.17, 15) is 18.4 Å². The summed E-state index contributed by atoms with van der Waals surface area (Å²) in [5, 5.41) is 5.73. The van der Waals surface area contributed by atoms with Crippen molar-refractivity contribution in [2.45, 2.75) is 25.3 Å². The molecule has 1 aromatic heterocycles. The van der Waals surface area contributed by atoms with Gasteiger partial charge in [0, 0.05) is 49.4 Å².